The van der Waals surface area contributed by atoms with Crippen molar-refractivity contribution in [2.45, 2.75) is 32.6 Å². The van der Waals surface area contributed by atoms with E-state index in [1.165, 1.54) is 5.56 Å². The Kier molecular flexibility index (Phi) is 3.99. The van der Waals surface area contributed by atoms with Crippen LogP contribution in [0.1, 0.15) is 29.8 Å². The van der Waals surface area contributed by atoms with E-state index in [1.807, 2.05) is 12.1 Å². The van der Waals surface area contributed by atoms with Crippen LogP contribution in [-0.4, -0.2) is 36.1 Å². The Morgan fingerprint density at radius 2 is 1.83 bits per heavy atom. The predicted molar refractivity (Wildman–Crippen MR) is 70.2 cm³/mol. The number of nitrogens with zero attached hydrogens (tertiary/aromatic N) is 1. The van der Waals surface area contributed by atoms with Crippen LogP contribution in [-0.2, 0) is 11.3 Å². The number of morpholine rings is 1. The van der Waals surface area contributed by atoms with Crippen LogP contribution in [0.25, 0.3) is 0 Å². The molecule has 2 atom stereocenters. The molecule has 0 unspecified atom stereocenters. The summed E-state index contributed by atoms with van der Waals surface area (Å²) in [5, 5.41) is 0. The minimum absolute atomic E-state index is 0.277. The van der Waals surface area contributed by atoms with Crippen molar-refractivity contribution in [3.8, 4) is 0 Å². The van der Waals surface area contributed by atoms with Gasteiger partial charge in [0.2, 0.25) is 5.91 Å². The first-order valence-corrected chi connectivity index (χ1v) is 6.31. The third-order valence-corrected chi connectivity index (χ3v) is 3.14. The fourth-order valence-electron chi connectivity index (χ4n) is 2.45. The van der Waals surface area contributed by atoms with Gasteiger partial charge in [0.05, 0.1) is 12.2 Å². The van der Waals surface area contributed by atoms with Crippen LogP contribution in [0.4, 0.5) is 0 Å². The summed E-state index contributed by atoms with van der Waals surface area (Å²) in [6, 6.07) is 7.49. The number of rotatable bonds is 3. The largest absolute Gasteiger partial charge is 0.373 e. The molecule has 0 spiro atoms. The number of amides is 1. The zero-order chi connectivity index (χ0) is 13.1. The lowest BCUT2D eigenvalue weighted by molar-refractivity contribution is -0.0704. The number of hydrogen-bond acceptors (Lipinski definition) is 3. The fraction of sp³-hybridized carbons (Fsp3) is 0.500. The quantitative estimate of drug-likeness (QED) is 0.879. The number of nitrogens with two attached hydrogens (primary N) is 1. The Balaban J connectivity index is 1.98. The van der Waals surface area contributed by atoms with Crippen LogP contribution in [0.3, 0.4) is 0 Å². The number of primary amides is 1. The van der Waals surface area contributed by atoms with Gasteiger partial charge in [-0.05, 0) is 31.5 Å². The Morgan fingerprint density at radius 3 is 2.33 bits per heavy atom. The molecule has 98 valence electrons. The van der Waals surface area contributed by atoms with Crippen LogP contribution in [0, 0.1) is 0 Å². The second kappa shape index (κ2) is 5.50. The Labute approximate surface area is 108 Å². The smallest absolute Gasteiger partial charge is 0.248 e. The first-order valence-electron chi connectivity index (χ1n) is 6.31. The van der Waals surface area contributed by atoms with Gasteiger partial charge in [0, 0.05) is 25.2 Å². The van der Waals surface area contributed by atoms with Crippen molar-refractivity contribution in [3.63, 3.8) is 0 Å². The van der Waals surface area contributed by atoms with E-state index < -0.39 is 0 Å². The minimum atomic E-state index is -0.379. The number of carbonyl (C=O) groups excluding carboxylic acids is 1. The van der Waals surface area contributed by atoms with Crippen molar-refractivity contribution >= 4 is 5.91 Å². The molecule has 1 heterocycles. The highest BCUT2D eigenvalue weighted by Gasteiger charge is 2.21. The monoisotopic (exact) mass is 248 g/mol. The molecule has 1 aromatic carbocycles. The van der Waals surface area contributed by atoms with E-state index in [9.17, 15) is 4.79 Å². The lowest BCUT2D eigenvalue weighted by atomic mass is 10.1. The summed E-state index contributed by atoms with van der Waals surface area (Å²) in [5.74, 6) is -0.379. The minimum Gasteiger partial charge on any atom is -0.373 e. The average molecular weight is 248 g/mol. The van der Waals surface area contributed by atoms with Crippen molar-refractivity contribution in [1.29, 1.82) is 0 Å². The van der Waals surface area contributed by atoms with Gasteiger partial charge in [0.15, 0.2) is 0 Å². The molecule has 1 amide bonds. The maximum atomic E-state index is 11.0. The van der Waals surface area contributed by atoms with Crippen LogP contribution in [0.5, 0.6) is 0 Å². The first-order chi connectivity index (χ1) is 8.54. The van der Waals surface area contributed by atoms with E-state index >= 15 is 0 Å². The van der Waals surface area contributed by atoms with Gasteiger partial charge >= 0.3 is 0 Å². The van der Waals surface area contributed by atoms with E-state index in [0.29, 0.717) is 5.56 Å². The summed E-state index contributed by atoms with van der Waals surface area (Å²) in [7, 11) is 0. The van der Waals surface area contributed by atoms with Crippen LogP contribution >= 0.6 is 0 Å². The molecule has 2 rings (SSSR count). The molecule has 0 bridgehead atoms. The molecule has 1 aliphatic rings. The summed E-state index contributed by atoms with van der Waals surface area (Å²) in [6.45, 7) is 6.97. The highest BCUT2D eigenvalue weighted by molar-refractivity contribution is 5.92. The molecule has 1 saturated heterocycles. The molecule has 1 aliphatic heterocycles. The highest BCUT2D eigenvalue weighted by Crippen LogP contribution is 2.14. The predicted octanol–water partition coefficient (Wildman–Crippen LogP) is 1.39. The van der Waals surface area contributed by atoms with Gasteiger partial charge in [-0.3, -0.25) is 9.69 Å². The average Bonchev–Trinajstić information content (AvgIpc) is 2.28. The number of benzene rings is 1. The highest BCUT2D eigenvalue weighted by atomic mass is 16.5. The Hall–Kier alpha value is -1.39. The molecule has 1 fully saturated rings. The lowest BCUT2D eigenvalue weighted by Crippen LogP contribution is -2.44. The molecule has 0 radical (unpaired) electrons. The van der Waals surface area contributed by atoms with E-state index in [4.69, 9.17) is 10.5 Å². The van der Waals surface area contributed by atoms with Crippen LogP contribution in [0.15, 0.2) is 24.3 Å². The number of ether oxygens (including phenoxy) is 1. The molecule has 0 aromatic heterocycles. The van der Waals surface area contributed by atoms with Crippen molar-refractivity contribution in [2.24, 2.45) is 5.73 Å². The lowest BCUT2D eigenvalue weighted by Gasteiger charge is -2.35. The molecule has 0 saturated carbocycles. The van der Waals surface area contributed by atoms with Gasteiger partial charge in [0.1, 0.15) is 0 Å². The number of carbonyl (C=O) groups is 1. The van der Waals surface area contributed by atoms with Gasteiger partial charge < -0.3 is 10.5 Å². The Bertz CT molecular complexity index is 406. The van der Waals surface area contributed by atoms with Crippen molar-refractivity contribution in [2.75, 3.05) is 13.1 Å². The van der Waals surface area contributed by atoms with E-state index in [2.05, 4.69) is 18.7 Å². The fourth-order valence-corrected chi connectivity index (χ4v) is 2.45. The SMILES string of the molecule is C[C@H]1CN(Cc2ccc(C(N)=O)cc2)C[C@H](C)O1. The summed E-state index contributed by atoms with van der Waals surface area (Å²) in [6.07, 6.45) is 0.553. The normalized spacial score (nSPS) is 25.0. The third kappa shape index (κ3) is 3.31. The van der Waals surface area contributed by atoms with Gasteiger partial charge in [-0.15, -0.1) is 0 Å². The summed E-state index contributed by atoms with van der Waals surface area (Å²) in [5.41, 5.74) is 6.97. The van der Waals surface area contributed by atoms with Crippen molar-refractivity contribution in [3.05, 3.63) is 35.4 Å². The molecule has 1 aromatic rings. The van der Waals surface area contributed by atoms with Gasteiger partial charge in [0.25, 0.3) is 0 Å². The van der Waals surface area contributed by atoms with Gasteiger partial charge in [-0.1, -0.05) is 12.1 Å². The topological polar surface area (TPSA) is 55.6 Å². The number of hydrogen-bond donors (Lipinski definition) is 1. The summed E-state index contributed by atoms with van der Waals surface area (Å²) >= 11 is 0. The molecule has 2 N–H and O–H groups in total. The van der Waals surface area contributed by atoms with Crippen LogP contribution < -0.4 is 5.73 Å². The van der Waals surface area contributed by atoms with Crippen molar-refractivity contribution in [1.82, 2.24) is 4.90 Å². The molecular formula is C14H20N2O2. The molecule has 0 aliphatic carbocycles. The molecular weight excluding hydrogens is 228 g/mol. The van der Waals surface area contributed by atoms with Gasteiger partial charge in [-0.2, -0.15) is 0 Å². The second-order valence-corrected chi connectivity index (χ2v) is 5.01. The second-order valence-electron chi connectivity index (χ2n) is 5.01. The summed E-state index contributed by atoms with van der Waals surface area (Å²) < 4.78 is 5.70. The maximum Gasteiger partial charge on any atom is 0.248 e. The first kappa shape index (κ1) is 13.1. The standard InChI is InChI=1S/C14H20N2O2/c1-10-7-16(8-11(2)18-10)9-12-3-5-13(6-4-12)14(15)17/h3-6,10-11H,7-9H2,1-2H3,(H2,15,17)/t10-,11-/m0/s1. The molecule has 4 nitrogen and oxygen atoms in total. The zero-order valence-corrected chi connectivity index (χ0v) is 10.9. The van der Waals surface area contributed by atoms with E-state index in [1.54, 1.807) is 12.1 Å². The Morgan fingerprint density at radius 1 is 1.28 bits per heavy atom. The summed E-state index contributed by atoms with van der Waals surface area (Å²) in [4.78, 5) is 13.4. The maximum absolute atomic E-state index is 11.0. The van der Waals surface area contributed by atoms with E-state index in [0.717, 1.165) is 19.6 Å². The molecule has 4 heteroatoms. The van der Waals surface area contributed by atoms with Gasteiger partial charge in [-0.25, -0.2) is 0 Å². The third-order valence-electron chi connectivity index (χ3n) is 3.14. The molecule has 18 heavy (non-hydrogen) atoms. The van der Waals surface area contributed by atoms with Crippen molar-refractivity contribution < 1.29 is 9.53 Å². The van der Waals surface area contributed by atoms with Crippen LogP contribution in [0.2, 0.25) is 0 Å². The van der Waals surface area contributed by atoms with E-state index in [-0.39, 0.29) is 18.1 Å². The zero-order valence-electron chi connectivity index (χ0n) is 10.9.